The van der Waals surface area contributed by atoms with Crippen molar-refractivity contribution in [2.75, 3.05) is 18.9 Å². The molecular formula is C13H22N4O2S. The average Bonchev–Trinajstić information content (AvgIpc) is 2.82. The number of anilines is 1. The predicted molar refractivity (Wildman–Crippen MR) is 80.8 cm³/mol. The monoisotopic (exact) mass is 298 g/mol. The summed E-state index contributed by atoms with van der Waals surface area (Å²) in [5, 5.41) is 10.9. The Morgan fingerprint density at radius 2 is 2.05 bits per heavy atom. The molecule has 0 radical (unpaired) electrons. The zero-order valence-electron chi connectivity index (χ0n) is 12.3. The van der Waals surface area contributed by atoms with Crippen molar-refractivity contribution >= 4 is 28.3 Å². The second-order valence-electron chi connectivity index (χ2n) is 4.96. The standard InChI is InChI=1S/C13H22N4O2S/c1-8(2)12(19)17-13-16-10(7-20-13)5-11(18)15-6-9(3)14-4/h7-9,14H,5-6H2,1-4H3,(H,15,18)(H,16,17,19). The Bertz CT molecular complexity index is 459. The average molecular weight is 298 g/mol. The summed E-state index contributed by atoms with van der Waals surface area (Å²) in [4.78, 5) is 27.5. The Morgan fingerprint density at radius 3 is 2.65 bits per heavy atom. The van der Waals surface area contributed by atoms with E-state index < -0.39 is 0 Å². The first-order chi connectivity index (χ1) is 9.42. The number of aromatic nitrogens is 1. The van der Waals surface area contributed by atoms with Gasteiger partial charge < -0.3 is 16.0 Å². The summed E-state index contributed by atoms with van der Waals surface area (Å²) in [5.41, 5.74) is 0.670. The third-order valence-electron chi connectivity index (χ3n) is 2.75. The molecular weight excluding hydrogens is 276 g/mol. The van der Waals surface area contributed by atoms with Crippen LogP contribution in [0.1, 0.15) is 26.5 Å². The van der Waals surface area contributed by atoms with Crippen LogP contribution in [0.5, 0.6) is 0 Å². The van der Waals surface area contributed by atoms with Crippen molar-refractivity contribution in [3.8, 4) is 0 Å². The fourth-order valence-electron chi connectivity index (χ4n) is 1.29. The molecule has 0 aliphatic carbocycles. The van der Waals surface area contributed by atoms with Gasteiger partial charge in [-0.3, -0.25) is 9.59 Å². The van der Waals surface area contributed by atoms with E-state index in [4.69, 9.17) is 0 Å². The Labute approximate surface area is 123 Å². The lowest BCUT2D eigenvalue weighted by Crippen LogP contribution is -2.37. The van der Waals surface area contributed by atoms with Gasteiger partial charge in [0.15, 0.2) is 5.13 Å². The Hall–Kier alpha value is -1.47. The summed E-state index contributed by atoms with van der Waals surface area (Å²) in [6.07, 6.45) is 0.227. The minimum absolute atomic E-state index is 0.0702. The van der Waals surface area contributed by atoms with E-state index in [0.717, 1.165) is 0 Å². The number of rotatable bonds is 7. The van der Waals surface area contributed by atoms with Gasteiger partial charge in [0.2, 0.25) is 11.8 Å². The van der Waals surface area contributed by atoms with Gasteiger partial charge >= 0.3 is 0 Å². The number of thiazole rings is 1. The Morgan fingerprint density at radius 1 is 1.35 bits per heavy atom. The van der Waals surface area contributed by atoms with Gasteiger partial charge in [-0.05, 0) is 14.0 Å². The van der Waals surface area contributed by atoms with Gasteiger partial charge in [-0.15, -0.1) is 11.3 Å². The topological polar surface area (TPSA) is 83.1 Å². The molecule has 0 aliphatic heterocycles. The minimum atomic E-state index is -0.0892. The number of carbonyl (C=O) groups excluding carboxylic acids is 2. The highest BCUT2D eigenvalue weighted by atomic mass is 32.1. The SMILES string of the molecule is CNC(C)CNC(=O)Cc1csc(NC(=O)C(C)C)n1. The van der Waals surface area contributed by atoms with Crippen LogP contribution in [0, 0.1) is 5.92 Å². The molecule has 112 valence electrons. The molecule has 1 rings (SSSR count). The first-order valence-electron chi connectivity index (χ1n) is 6.61. The van der Waals surface area contributed by atoms with Crippen molar-refractivity contribution in [3.05, 3.63) is 11.1 Å². The number of hydrogen-bond donors (Lipinski definition) is 3. The lowest BCUT2D eigenvalue weighted by atomic mass is 10.2. The van der Waals surface area contributed by atoms with Crippen LogP contribution in [0.15, 0.2) is 5.38 Å². The van der Waals surface area contributed by atoms with E-state index in [0.29, 0.717) is 17.4 Å². The maximum atomic E-state index is 11.7. The molecule has 1 aromatic rings. The van der Waals surface area contributed by atoms with Crippen LogP contribution in [-0.2, 0) is 16.0 Å². The second kappa shape index (κ2) is 7.96. The maximum Gasteiger partial charge on any atom is 0.228 e. The Balaban J connectivity index is 2.43. The van der Waals surface area contributed by atoms with Crippen LogP contribution in [0.2, 0.25) is 0 Å². The summed E-state index contributed by atoms with van der Waals surface area (Å²) >= 11 is 1.33. The summed E-state index contributed by atoms with van der Waals surface area (Å²) in [5.74, 6) is -0.231. The van der Waals surface area contributed by atoms with Crippen molar-refractivity contribution in [2.24, 2.45) is 5.92 Å². The molecule has 0 bridgehead atoms. The molecule has 3 N–H and O–H groups in total. The molecule has 0 fully saturated rings. The van der Waals surface area contributed by atoms with Gasteiger partial charge in [0, 0.05) is 23.9 Å². The number of nitrogens with zero attached hydrogens (tertiary/aromatic N) is 1. The van der Waals surface area contributed by atoms with Crippen molar-refractivity contribution in [1.82, 2.24) is 15.6 Å². The summed E-state index contributed by atoms with van der Waals surface area (Å²) in [7, 11) is 1.85. The molecule has 1 unspecified atom stereocenters. The van der Waals surface area contributed by atoms with Crippen LogP contribution < -0.4 is 16.0 Å². The second-order valence-corrected chi connectivity index (χ2v) is 5.82. The fraction of sp³-hybridized carbons (Fsp3) is 0.615. The van der Waals surface area contributed by atoms with E-state index in [1.807, 2.05) is 27.8 Å². The molecule has 7 heteroatoms. The number of hydrogen-bond acceptors (Lipinski definition) is 5. The number of amides is 2. The molecule has 0 aliphatic rings. The highest BCUT2D eigenvalue weighted by Gasteiger charge is 2.12. The maximum absolute atomic E-state index is 11.7. The van der Waals surface area contributed by atoms with Crippen molar-refractivity contribution in [3.63, 3.8) is 0 Å². The third-order valence-corrected chi connectivity index (χ3v) is 3.55. The number of likely N-dealkylation sites (N-methyl/N-ethyl adjacent to an activating group) is 1. The summed E-state index contributed by atoms with van der Waals surface area (Å²) in [6.45, 7) is 6.21. The highest BCUT2D eigenvalue weighted by molar-refractivity contribution is 7.13. The van der Waals surface area contributed by atoms with E-state index in [1.54, 1.807) is 5.38 Å². The van der Waals surface area contributed by atoms with Crippen molar-refractivity contribution in [2.45, 2.75) is 33.2 Å². The molecule has 0 spiro atoms. The largest absolute Gasteiger partial charge is 0.354 e. The normalized spacial score (nSPS) is 12.2. The molecule has 0 saturated carbocycles. The first-order valence-corrected chi connectivity index (χ1v) is 7.49. The van der Waals surface area contributed by atoms with Crippen molar-refractivity contribution in [1.29, 1.82) is 0 Å². The fourth-order valence-corrected chi connectivity index (χ4v) is 2.00. The predicted octanol–water partition coefficient (Wildman–Crippen LogP) is 1.00. The summed E-state index contributed by atoms with van der Waals surface area (Å²) in [6, 6.07) is 0.232. The first kappa shape index (κ1) is 16.6. The van der Waals surface area contributed by atoms with Crippen LogP contribution in [0.25, 0.3) is 0 Å². The lowest BCUT2D eigenvalue weighted by Gasteiger charge is -2.10. The van der Waals surface area contributed by atoms with Crippen LogP contribution >= 0.6 is 11.3 Å². The van der Waals surface area contributed by atoms with Crippen LogP contribution in [0.3, 0.4) is 0 Å². The van der Waals surface area contributed by atoms with Crippen LogP contribution in [-0.4, -0.2) is 36.4 Å². The highest BCUT2D eigenvalue weighted by Crippen LogP contribution is 2.16. The van der Waals surface area contributed by atoms with Gasteiger partial charge in [-0.1, -0.05) is 13.8 Å². The molecule has 20 heavy (non-hydrogen) atoms. The number of carbonyl (C=O) groups is 2. The van der Waals surface area contributed by atoms with Crippen LogP contribution in [0.4, 0.5) is 5.13 Å². The molecule has 1 aromatic heterocycles. The molecule has 1 heterocycles. The Kier molecular flexibility index (Phi) is 6.60. The zero-order valence-corrected chi connectivity index (χ0v) is 13.1. The number of nitrogens with one attached hydrogen (secondary N) is 3. The van der Waals surface area contributed by atoms with E-state index in [2.05, 4.69) is 20.9 Å². The van der Waals surface area contributed by atoms with E-state index in [-0.39, 0.29) is 30.2 Å². The van der Waals surface area contributed by atoms with Gasteiger partial charge in [-0.25, -0.2) is 4.98 Å². The zero-order chi connectivity index (χ0) is 15.1. The molecule has 2 amide bonds. The smallest absolute Gasteiger partial charge is 0.228 e. The van der Waals surface area contributed by atoms with Gasteiger partial charge in [-0.2, -0.15) is 0 Å². The van der Waals surface area contributed by atoms with Crippen molar-refractivity contribution < 1.29 is 9.59 Å². The minimum Gasteiger partial charge on any atom is -0.354 e. The quantitative estimate of drug-likeness (QED) is 0.701. The van der Waals surface area contributed by atoms with E-state index >= 15 is 0 Å². The summed E-state index contributed by atoms with van der Waals surface area (Å²) < 4.78 is 0. The lowest BCUT2D eigenvalue weighted by molar-refractivity contribution is -0.120. The van der Waals surface area contributed by atoms with Gasteiger partial charge in [0.1, 0.15) is 0 Å². The molecule has 1 atom stereocenters. The van der Waals surface area contributed by atoms with Gasteiger partial charge in [0.05, 0.1) is 12.1 Å². The molecule has 6 nitrogen and oxygen atoms in total. The third kappa shape index (κ3) is 5.66. The molecule has 0 aromatic carbocycles. The van der Waals surface area contributed by atoms with Gasteiger partial charge in [0.25, 0.3) is 0 Å². The van der Waals surface area contributed by atoms with E-state index in [9.17, 15) is 9.59 Å². The van der Waals surface area contributed by atoms with E-state index in [1.165, 1.54) is 11.3 Å². The molecule has 0 saturated heterocycles.